The summed E-state index contributed by atoms with van der Waals surface area (Å²) in [5.41, 5.74) is 3.04. The van der Waals surface area contributed by atoms with Crippen molar-refractivity contribution in [2.45, 2.75) is 57.9 Å². The predicted molar refractivity (Wildman–Crippen MR) is 133 cm³/mol. The Morgan fingerprint density at radius 1 is 1.19 bits per heavy atom. The fraction of sp³-hybridized carbons (Fsp3) is 0.483. The maximum absolute atomic E-state index is 14.0. The van der Waals surface area contributed by atoms with Gasteiger partial charge in [-0.2, -0.15) is 13.2 Å². The van der Waals surface area contributed by atoms with E-state index in [0.717, 1.165) is 35.1 Å². The zero-order valence-electron chi connectivity index (χ0n) is 20.9. The molecule has 0 radical (unpaired) electrons. The van der Waals surface area contributed by atoms with Crippen LogP contribution in [0.5, 0.6) is 11.5 Å². The number of aliphatic hydroxyl groups is 1. The molecule has 2 heterocycles. The van der Waals surface area contributed by atoms with Crippen LogP contribution in [0.4, 0.5) is 13.2 Å². The number of carbonyl (C=O) groups is 1. The van der Waals surface area contributed by atoms with E-state index in [1.165, 1.54) is 6.07 Å². The summed E-state index contributed by atoms with van der Waals surface area (Å²) in [4.78, 5) is 13.9. The molecule has 3 aliphatic rings. The summed E-state index contributed by atoms with van der Waals surface area (Å²) in [6.07, 6.45) is 0.00214. The lowest BCUT2D eigenvalue weighted by atomic mass is 9.93. The Morgan fingerprint density at radius 2 is 1.97 bits per heavy atom. The molecular weight excluding hydrogens is 483 g/mol. The minimum absolute atomic E-state index is 0.0427. The van der Waals surface area contributed by atoms with Gasteiger partial charge in [-0.3, -0.25) is 9.69 Å². The van der Waals surface area contributed by atoms with Crippen LogP contribution < -0.4 is 9.47 Å². The normalized spacial score (nSPS) is 21.1. The summed E-state index contributed by atoms with van der Waals surface area (Å²) in [6, 6.07) is 8.26. The Morgan fingerprint density at radius 3 is 2.68 bits per heavy atom. The topological polar surface area (TPSA) is 59.0 Å². The molecule has 0 spiro atoms. The Bertz CT molecular complexity index is 1200. The molecule has 2 aliphatic heterocycles. The Kier molecular flexibility index (Phi) is 7.32. The second-order valence-corrected chi connectivity index (χ2v) is 10.1. The van der Waals surface area contributed by atoms with E-state index in [4.69, 9.17) is 9.47 Å². The highest BCUT2D eigenvalue weighted by Crippen LogP contribution is 2.44. The molecular formula is C29H32F3NO4. The zero-order chi connectivity index (χ0) is 26.2. The number of fused-ring (bicyclic) bond motifs is 2. The van der Waals surface area contributed by atoms with E-state index in [2.05, 4.69) is 4.90 Å². The Balaban J connectivity index is 1.37. The van der Waals surface area contributed by atoms with Gasteiger partial charge in [-0.1, -0.05) is 13.0 Å². The van der Waals surface area contributed by atoms with E-state index < -0.39 is 11.7 Å². The number of ether oxygens (including phenoxy) is 2. The van der Waals surface area contributed by atoms with Crippen LogP contribution in [0.2, 0.25) is 0 Å². The highest BCUT2D eigenvalue weighted by Gasteiger charge is 2.38. The summed E-state index contributed by atoms with van der Waals surface area (Å²) in [5, 5.41) is 9.40. The molecule has 0 bridgehead atoms. The molecule has 1 atom stereocenters. The first-order valence-electron chi connectivity index (χ1n) is 13.0. The molecule has 5 rings (SSSR count). The molecule has 198 valence electrons. The first-order valence-corrected chi connectivity index (χ1v) is 13.0. The van der Waals surface area contributed by atoms with Gasteiger partial charge in [0.25, 0.3) is 0 Å². The van der Waals surface area contributed by atoms with Gasteiger partial charge < -0.3 is 14.6 Å². The molecule has 0 aromatic heterocycles. The van der Waals surface area contributed by atoms with Crippen LogP contribution in [-0.4, -0.2) is 42.1 Å². The van der Waals surface area contributed by atoms with Crippen molar-refractivity contribution in [2.24, 2.45) is 5.92 Å². The van der Waals surface area contributed by atoms with E-state index in [0.29, 0.717) is 56.0 Å². The number of allylic oxidation sites excluding steroid dienone is 1. The first-order chi connectivity index (χ1) is 17.8. The fourth-order valence-electron chi connectivity index (χ4n) is 5.63. The van der Waals surface area contributed by atoms with Crippen LogP contribution in [0.1, 0.15) is 66.5 Å². The Labute approximate surface area is 214 Å². The van der Waals surface area contributed by atoms with Crippen molar-refractivity contribution in [3.05, 3.63) is 64.2 Å². The van der Waals surface area contributed by atoms with Crippen molar-refractivity contribution in [1.82, 2.24) is 4.90 Å². The lowest BCUT2D eigenvalue weighted by molar-refractivity contribution is -0.138. The van der Waals surface area contributed by atoms with E-state index >= 15 is 0 Å². The minimum atomic E-state index is -4.42. The summed E-state index contributed by atoms with van der Waals surface area (Å²) >= 11 is 0. The van der Waals surface area contributed by atoms with Crippen molar-refractivity contribution >= 4 is 11.4 Å². The standard InChI is InChI=1S/C29H32F3NO4/c1-2-20(35)13-19-17-36-28-14-21(3-4-22(19)28)37-27-8-6-23-24(27)5-7-26(29(30,31)32)25(23)15-33-11-9-18(16-34)10-12-33/h3-5,7,13-14,18,27,34H,2,6,8-12,15-17H2,1H3/b19-13+/t27-/m1/s1. The average Bonchev–Trinajstić information content (AvgIpc) is 3.48. The fourth-order valence-corrected chi connectivity index (χ4v) is 5.63. The number of alkyl halides is 3. The maximum atomic E-state index is 14.0. The number of hydrogen-bond acceptors (Lipinski definition) is 5. The van der Waals surface area contributed by atoms with Crippen LogP contribution in [0.15, 0.2) is 36.4 Å². The third-order valence-electron chi connectivity index (χ3n) is 7.77. The molecule has 5 nitrogen and oxygen atoms in total. The largest absolute Gasteiger partial charge is 0.488 e. The van der Waals surface area contributed by atoms with Crippen molar-refractivity contribution in [3.8, 4) is 11.5 Å². The van der Waals surface area contributed by atoms with Crippen molar-refractivity contribution in [3.63, 3.8) is 0 Å². The zero-order valence-corrected chi connectivity index (χ0v) is 20.9. The van der Waals surface area contributed by atoms with Gasteiger partial charge in [0.2, 0.25) is 0 Å². The molecule has 8 heteroatoms. The van der Waals surface area contributed by atoms with Gasteiger partial charge in [-0.15, -0.1) is 0 Å². The van der Waals surface area contributed by atoms with E-state index in [-0.39, 0.29) is 31.0 Å². The number of ketones is 1. The van der Waals surface area contributed by atoms with Crippen LogP contribution in [0.25, 0.3) is 5.57 Å². The summed E-state index contributed by atoms with van der Waals surface area (Å²) in [7, 11) is 0. The number of nitrogens with zero attached hydrogens (tertiary/aromatic N) is 1. The maximum Gasteiger partial charge on any atom is 0.416 e. The van der Waals surface area contributed by atoms with Crippen molar-refractivity contribution in [1.29, 1.82) is 0 Å². The Hall–Kier alpha value is -2.84. The summed E-state index contributed by atoms with van der Waals surface area (Å²) < 4.78 is 53.9. The molecule has 0 unspecified atom stereocenters. The first kappa shape index (κ1) is 25.8. The number of carbonyl (C=O) groups excluding carboxylic acids is 1. The van der Waals surface area contributed by atoms with Gasteiger partial charge >= 0.3 is 6.18 Å². The highest BCUT2D eigenvalue weighted by molar-refractivity contribution is 5.98. The molecule has 2 aromatic rings. The van der Waals surface area contributed by atoms with Gasteiger partial charge in [-0.25, -0.2) is 0 Å². The number of rotatable bonds is 7. The highest BCUT2D eigenvalue weighted by atomic mass is 19.4. The number of aliphatic hydroxyl groups excluding tert-OH is 1. The molecule has 1 aliphatic carbocycles. The smallest absolute Gasteiger partial charge is 0.416 e. The molecule has 0 amide bonds. The van der Waals surface area contributed by atoms with E-state index in [1.807, 2.05) is 19.1 Å². The van der Waals surface area contributed by atoms with Crippen LogP contribution >= 0.6 is 0 Å². The lowest BCUT2D eigenvalue weighted by Gasteiger charge is -2.32. The number of benzene rings is 2. The van der Waals surface area contributed by atoms with Gasteiger partial charge in [0.1, 0.15) is 24.2 Å². The molecule has 37 heavy (non-hydrogen) atoms. The van der Waals surface area contributed by atoms with E-state index in [9.17, 15) is 23.1 Å². The number of likely N-dealkylation sites (tertiary alicyclic amines) is 1. The lowest BCUT2D eigenvalue weighted by Crippen LogP contribution is -2.35. The summed E-state index contributed by atoms with van der Waals surface area (Å²) in [6.45, 7) is 3.89. The number of piperidine rings is 1. The van der Waals surface area contributed by atoms with Gasteiger partial charge in [0, 0.05) is 36.8 Å². The monoisotopic (exact) mass is 515 g/mol. The second kappa shape index (κ2) is 10.5. The van der Waals surface area contributed by atoms with Gasteiger partial charge in [0.15, 0.2) is 5.78 Å². The van der Waals surface area contributed by atoms with Gasteiger partial charge in [-0.05, 0) is 85.7 Å². The average molecular weight is 516 g/mol. The third kappa shape index (κ3) is 5.41. The van der Waals surface area contributed by atoms with Gasteiger partial charge in [0.05, 0.1) is 5.56 Å². The third-order valence-corrected chi connectivity index (χ3v) is 7.77. The van der Waals surface area contributed by atoms with Crippen molar-refractivity contribution in [2.75, 3.05) is 26.3 Å². The predicted octanol–water partition coefficient (Wildman–Crippen LogP) is 5.73. The number of hydrogen-bond donors (Lipinski definition) is 1. The van der Waals surface area contributed by atoms with Crippen LogP contribution in [0.3, 0.4) is 0 Å². The van der Waals surface area contributed by atoms with E-state index in [1.54, 1.807) is 18.2 Å². The molecule has 1 N–H and O–H groups in total. The second-order valence-electron chi connectivity index (χ2n) is 10.1. The van der Waals surface area contributed by atoms with Crippen molar-refractivity contribution < 1.29 is 32.5 Å². The van der Waals surface area contributed by atoms with Crippen LogP contribution in [0, 0.1) is 5.92 Å². The SMILES string of the molecule is CCC(=O)/C=C1\COc2cc(O[C@@H]3CCc4c3ccc(C(F)(F)F)c4CN3CCC(CO)CC3)ccc21. The molecule has 1 saturated heterocycles. The molecule has 0 saturated carbocycles. The molecule has 1 fully saturated rings. The quantitative estimate of drug-likeness (QED) is 0.478. The number of halogens is 3. The minimum Gasteiger partial charge on any atom is -0.488 e. The molecule has 2 aromatic carbocycles. The van der Waals surface area contributed by atoms with Crippen LogP contribution in [-0.2, 0) is 23.9 Å². The summed E-state index contributed by atoms with van der Waals surface area (Å²) in [5.74, 6) is 1.51.